The molecule has 23 heavy (non-hydrogen) atoms. The number of hydrogen-bond acceptors (Lipinski definition) is 6. The monoisotopic (exact) mass is 325 g/mol. The Kier molecular flexibility index (Phi) is 3.05. The Morgan fingerprint density at radius 2 is 2.04 bits per heavy atom. The van der Waals surface area contributed by atoms with Crippen molar-refractivity contribution in [1.29, 1.82) is 0 Å². The predicted molar refractivity (Wildman–Crippen MR) is 87.0 cm³/mol. The first-order chi connectivity index (χ1) is 11.1. The summed E-state index contributed by atoms with van der Waals surface area (Å²) < 4.78 is 2.74. The van der Waals surface area contributed by atoms with E-state index < -0.39 is 0 Å². The number of nitrogens with zero attached hydrogens (tertiary/aromatic N) is 5. The van der Waals surface area contributed by atoms with E-state index in [1.54, 1.807) is 25.1 Å². The Balaban J connectivity index is 1.82. The number of hydrogen-bond donors (Lipinski definition) is 0. The van der Waals surface area contributed by atoms with E-state index in [1.165, 1.54) is 32.8 Å². The lowest BCUT2D eigenvalue weighted by Gasteiger charge is -2.03. The molecule has 3 heterocycles. The highest BCUT2D eigenvalue weighted by Gasteiger charge is 2.10. The zero-order chi connectivity index (χ0) is 16.0. The molecule has 0 aliphatic rings. The maximum atomic E-state index is 12.5. The van der Waals surface area contributed by atoms with Gasteiger partial charge in [-0.3, -0.25) is 14.2 Å². The van der Waals surface area contributed by atoms with Crippen molar-refractivity contribution in [1.82, 2.24) is 24.1 Å². The molecule has 0 fully saturated rings. The molecule has 0 unspecified atom stereocenters. The number of benzene rings is 1. The molecule has 8 heteroatoms. The van der Waals surface area contributed by atoms with Gasteiger partial charge in [-0.25, -0.2) is 9.97 Å². The van der Waals surface area contributed by atoms with Gasteiger partial charge in [-0.2, -0.15) is 9.61 Å². The number of aromatic nitrogens is 5. The maximum absolute atomic E-state index is 12.5. The fraction of sp³-hybridized carbons (Fsp3) is 0.133. The summed E-state index contributed by atoms with van der Waals surface area (Å²) in [5.41, 5.74) is 0.951. The summed E-state index contributed by atoms with van der Waals surface area (Å²) in [6.07, 6.45) is 1.50. The van der Waals surface area contributed by atoms with Crippen LogP contribution >= 0.6 is 11.3 Å². The van der Waals surface area contributed by atoms with Crippen LogP contribution in [-0.4, -0.2) is 24.1 Å². The summed E-state index contributed by atoms with van der Waals surface area (Å²) in [4.78, 5) is 33.5. The summed E-state index contributed by atoms with van der Waals surface area (Å²) in [5, 5.41) is 5.42. The highest BCUT2D eigenvalue weighted by Crippen LogP contribution is 2.13. The summed E-state index contributed by atoms with van der Waals surface area (Å²) in [7, 11) is 0. The molecule has 0 aliphatic carbocycles. The van der Waals surface area contributed by atoms with Crippen LogP contribution in [0.15, 0.2) is 46.2 Å². The van der Waals surface area contributed by atoms with Crippen molar-refractivity contribution in [3.05, 3.63) is 68.1 Å². The molecule has 0 amide bonds. The van der Waals surface area contributed by atoms with Gasteiger partial charge in [0.15, 0.2) is 0 Å². The Morgan fingerprint density at radius 3 is 2.91 bits per heavy atom. The van der Waals surface area contributed by atoms with E-state index >= 15 is 0 Å². The average molecular weight is 325 g/mol. The van der Waals surface area contributed by atoms with Gasteiger partial charge in [-0.15, -0.1) is 0 Å². The first-order valence-electron chi connectivity index (χ1n) is 6.92. The van der Waals surface area contributed by atoms with Gasteiger partial charge in [0.2, 0.25) is 4.96 Å². The Labute approximate surface area is 133 Å². The molecule has 0 N–H and O–H groups in total. The molecule has 4 rings (SSSR count). The molecule has 0 saturated heterocycles. The molecule has 0 spiro atoms. The predicted octanol–water partition coefficient (Wildman–Crippen LogP) is 1.22. The second-order valence-corrected chi connectivity index (χ2v) is 6.16. The molecule has 3 aromatic heterocycles. The van der Waals surface area contributed by atoms with Crippen LogP contribution in [0.4, 0.5) is 0 Å². The molecule has 0 atom stereocenters. The molecule has 4 aromatic rings. The minimum Gasteiger partial charge on any atom is -0.292 e. The topological polar surface area (TPSA) is 82.2 Å². The zero-order valence-electron chi connectivity index (χ0n) is 12.1. The number of fused-ring (bicyclic) bond motifs is 2. The van der Waals surface area contributed by atoms with Gasteiger partial charge in [-0.1, -0.05) is 23.5 Å². The second-order valence-electron chi connectivity index (χ2n) is 5.12. The Morgan fingerprint density at radius 1 is 1.22 bits per heavy atom. The minimum atomic E-state index is -0.223. The molecule has 0 radical (unpaired) electrons. The van der Waals surface area contributed by atoms with E-state index in [9.17, 15) is 9.59 Å². The summed E-state index contributed by atoms with van der Waals surface area (Å²) in [6, 6.07) is 8.62. The molecule has 1 aromatic carbocycles. The van der Waals surface area contributed by atoms with Crippen LogP contribution in [0.25, 0.3) is 15.9 Å². The van der Waals surface area contributed by atoms with Crippen LogP contribution in [0.1, 0.15) is 10.7 Å². The Hall–Kier alpha value is -2.87. The molecule has 7 nitrogen and oxygen atoms in total. The SMILES string of the molecule is Cc1cc(=O)n2nc(Cn3cnc4ccccc4c3=O)sc2n1. The van der Waals surface area contributed by atoms with E-state index in [-0.39, 0.29) is 17.7 Å². The van der Waals surface area contributed by atoms with Crippen molar-refractivity contribution >= 4 is 27.2 Å². The smallest absolute Gasteiger partial charge is 0.275 e. The van der Waals surface area contributed by atoms with Gasteiger partial charge in [0, 0.05) is 11.8 Å². The number of rotatable bonds is 2. The van der Waals surface area contributed by atoms with Crippen molar-refractivity contribution in [3.63, 3.8) is 0 Å². The second kappa shape index (κ2) is 5.10. The van der Waals surface area contributed by atoms with E-state index in [1.807, 2.05) is 6.07 Å². The fourth-order valence-corrected chi connectivity index (χ4v) is 3.33. The summed E-state index contributed by atoms with van der Waals surface area (Å²) in [5.74, 6) is 0. The van der Waals surface area contributed by atoms with E-state index in [2.05, 4.69) is 15.1 Å². The van der Waals surface area contributed by atoms with Gasteiger partial charge < -0.3 is 0 Å². The number of aryl methyl sites for hydroxylation is 1. The highest BCUT2D eigenvalue weighted by molar-refractivity contribution is 7.16. The summed E-state index contributed by atoms with van der Waals surface area (Å²) >= 11 is 1.29. The van der Waals surface area contributed by atoms with Crippen LogP contribution in [0.2, 0.25) is 0 Å². The van der Waals surface area contributed by atoms with Crippen LogP contribution in [0, 0.1) is 6.92 Å². The Bertz CT molecular complexity index is 1160. The molecule has 0 saturated carbocycles. The van der Waals surface area contributed by atoms with E-state index in [4.69, 9.17) is 0 Å². The fourth-order valence-electron chi connectivity index (χ4n) is 2.39. The van der Waals surface area contributed by atoms with Crippen LogP contribution in [-0.2, 0) is 6.54 Å². The lowest BCUT2D eigenvalue weighted by Crippen LogP contribution is -2.21. The lowest BCUT2D eigenvalue weighted by molar-refractivity contribution is 0.721. The normalized spacial score (nSPS) is 11.3. The standard InChI is InChI=1S/C15H11N5O2S/c1-9-6-13(21)20-15(17-9)23-12(18-20)7-19-8-16-11-5-3-2-4-10(11)14(19)22/h2-6,8H,7H2,1H3. The third kappa shape index (κ3) is 2.33. The van der Waals surface area contributed by atoms with E-state index in [0.717, 1.165) is 0 Å². The zero-order valence-corrected chi connectivity index (χ0v) is 12.9. The number of para-hydroxylation sites is 1. The van der Waals surface area contributed by atoms with Crippen molar-refractivity contribution in [3.8, 4) is 0 Å². The molecule has 0 bridgehead atoms. The van der Waals surface area contributed by atoms with Crippen molar-refractivity contribution in [2.75, 3.05) is 0 Å². The first-order valence-corrected chi connectivity index (χ1v) is 7.74. The van der Waals surface area contributed by atoms with Crippen molar-refractivity contribution in [2.24, 2.45) is 0 Å². The average Bonchev–Trinajstić information content (AvgIpc) is 2.93. The van der Waals surface area contributed by atoms with E-state index in [0.29, 0.717) is 26.6 Å². The van der Waals surface area contributed by atoms with Gasteiger partial charge in [0.05, 0.1) is 23.8 Å². The first kappa shape index (κ1) is 13.8. The van der Waals surface area contributed by atoms with Gasteiger partial charge in [0.1, 0.15) is 5.01 Å². The van der Waals surface area contributed by atoms with Gasteiger partial charge in [-0.05, 0) is 19.1 Å². The molecular weight excluding hydrogens is 314 g/mol. The van der Waals surface area contributed by atoms with Crippen molar-refractivity contribution < 1.29 is 0 Å². The third-order valence-corrected chi connectivity index (χ3v) is 4.35. The largest absolute Gasteiger partial charge is 0.292 e. The minimum absolute atomic E-state index is 0.133. The molecular formula is C15H11N5O2S. The highest BCUT2D eigenvalue weighted by atomic mass is 32.1. The van der Waals surface area contributed by atoms with Crippen LogP contribution in [0.3, 0.4) is 0 Å². The van der Waals surface area contributed by atoms with Gasteiger partial charge in [0.25, 0.3) is 11.1 Å². The summed E-state index contributed by atoms with van der Waals surface area (Å²) in [6.45, 7) is 2.02. The lowest BCUT2D eigenvalue weighted by atomic mass is 10.2. The van der Waals surface area contributed by atoms with Crippen molar-refractivity contribution in [2.45, 2.75) is 13.5 Å². The van der Waals surface area contributed by atoms with Gasteiger partial charge >= 0.3 is 0 Å². The molecule has 0 aliphatic heterocycles. The van der Waals surface area contributed by atoms with Crippen LogP contribution < -0.4 is 11.1 Å². The molecule has 114 valence electrons. The maximum Gasteiger partial charge on any atom is 0.275 e. The van der Waals surface area contributed by atoms with Crippen LogP contribution in [0.5, 0.6) is 0 Å². The third-order valence-electron chi connectivity index (χ3n) is 3.45. The quantitative estimate of drug-likeness (QED) is 0.553.